The number of carboxylic acid groups (broad SMARTS) is 1. The molecule has 138 valence electrons. The fraction of sp³-hybridized carbons (Fsp3) is 0.476. The van der Waals surface area contributed by atoms with Crippen LogP contribution in [0, 0.1) is 0 Å². The van der Waals surface area contributed by atoms with E-state index >= 15 is 0 Å². The Balaban J connectivity index is 2.29. The first-order valence-corrected chi connectivity index (χ1v) is 9.11. The molecule has 0 amide bonds. The predicted octanol–water partition coefficient (Wildman–Crippen LogP) is 5.45. The fourth-order valence-corrected chi connectivity index (χ4v) is 2.27. The van der Waals surface area contributed by atoms with E-state index in [1.807, 2.05) is 30.4 Å². The van der Waals surface area contributed by atoms with Crippen LogP contribution in [0.15, 0.2) is 40.9 Å². The summed E-state index contributed by atoms with van der Waals surface area (Å²) < 4.78 is 5.61. The van der Waals surface area contributed by atoms with Crippen LogP contribution in [0.25, 0.3) is 12.2 Å². The Morgan fingerprint density at radius 1 is 1.08 bits per heavy atom. The average Bonchev–Trinajstić information content (AvgIpc) is 3.03. The molecule has 0 aliphatic rings. The number of hydrogen-bond donors (Lipinski definition) is 2. The second-order valence-electron chi connectivity index (χ2n) is 6.06. The van der Waals surface area contributed by atoms with E-state index in [-0.39, 0.29) is 6.42 Å². The largest absolute Gasteiger partial charge is 0.481 e. The molecule has 1 atom stereocenters. The van der Waals surface area contributed by atoms with E-state index in [2.05, 4.69) is 13.0 Å². The highest BCUT2D eigenvalue weighted by Gasteiger charge is 1.99. The van der Waals surface area contributed by atoms with Crippen molar-refractivity contribution in [2.75, 3.05) is 0 Å². The minimum atomic E-state index is -0.770. The van der Waals surface area contributed by atoms with E-state index < -0.39 is 12.1 Å². The molecule has 0 spiro atoms. The minimum Gasteiger partial charge on any atom is -0.481 e. The molecule has 0 radical (unpaired) electrons. The van der Waals surface area contributed by atoms with Crippen molar-refractivity contribution in [1.29, 1.82) is 0 Å². The summed E-state index contributed by atoms with van der Waals surface area (Å²) in [4.78, 5) is 10.4. The molecule has 1 aromatic rings. The predicted molar refractivity (Wildman–Crippen MR) is 102 cm³/mol. The maximum absolute atomic E-state index is 10.4. The standard InChI is InChI=1S/C21H30O4/c1-2-3-4-5-6-8-11-18(22)14-15-20-17-16-19(25-20)12-9-7-10-13-21(23)24/h6,8-9,12,14-18,22H,2-5,7,10-11,13H2,1H3,(H,23,24). The SMILES string of the molecule is CCCCCC=CCC(O)C=Cc1ccc(C=CCCCC(=O)O)o1. The van der Waals surface area contributed by atoms with Gasteiger partial charge in [-0.1, -0.05) is 44.1 Å². The molecule has 0 aliphatic heterocycles. The van der Waals surface area contributed by atoms with Crippen molar-refractivity contribution in [1.82, 2.24) is 0 Å². The van der Waals surface area contributed by atoms with Gasteiger partial charge in [0.05, 0.1) is 6.10 Å². The molecule has 4 nitrogen and oxygen atoms in total. The topological polar surface area (TPSA) is 70.7 Å². The van der Waals surface area contributed by atoms with Gasteiger partial charge < -0.3 is 14.6 Å². The lowest BCUT2D eigenvalue weighted by Crippen LogP contribution is -1.98. The van der Waals surface area contributed by atoms with Crippen LogP contribution in [-0.4, -0.2) is 22.3 Å². The molecule has 4 heteroatoms. The van der Waals surface area contributed by atoms with Gasteiger partial charge in [-0.05, 0) is 56.4 Å². The summed E-state index contributed by atoms with van der Waals surface area (Å²) in [6.07, 6.45) is 17.8. The lowest BCUT2D eigenvalue weighted by atomic mass is 10.1. The van der Waals surface area contributed by atoms with Crippen LogP contribution >= 0.6 is 0 Å². The van der Waals surface area contributed by atoms with Crippen LogP contribution in [0.5, 0.6) is 0 Å². The number of carboxylic acids is 1. The van der Waals surface area contributed by atoms with Crippen molar-refractivity contribution in [2.24, 2.45) is 0 Å². The number of carbonyl (C=O) groups is 1. The van der Waals surface area contributed by atoms with Crippen LogP contribution < -0.4 is 0 Å². The zero-order chi connectivity index (χ0) is 18.3. The summed E-state index contributed by atoms with van der Waals surface area (Å²) >= 11 is 0. The number of aliphatic carboxylic acids is 1. The lowest BCUT2D eigenvalue weighted by Gasteiger charge is -2.00. The molecule has 0 fully saturated rings. The summed E-state index contributed by atoms with van der Waals surface area (Å²) in [6.45, 7) is 2.19. The van der Waals surface area contributed by atoms with Crippen molar-refractivity contribution >= 4 is 18.1 Å². The van der Waals surface area contributed by atoms with Crippen LogP contribution in [0.3, 0.4) is 0 Å². The number of hydrogen-bond acceptors (Lipinski definition) is 3. The van der Waals surface area contributed by atoms with Crippen LogP contribution in [0.1, 0.15) is 69.8 Å². The monoisotopic (exact) mass is 346 g/mol. The Hall–Kier alpha value is -2.07. The average molecular weight is 346 g/mol. The molecule has 0 aliphatic carbocycles. The number of unbranched alkanes of at least 4 members (excludes halogenated alkanes) is 4. The van der Waals surface area contributed by atoms with E-state index in [0.717, 1.165) is 12.2 Å². The molecule has 0 saturated carbocycles. The Labute approximate surface area is 150 Å². The maximum atomic E-state index is 10.4. The Morgan fingerprint density at radius 3 is 2.52 bits per heavy atom. The number of aliphatic hydroxyl groups is 1. The van der Waals surface area contributed by atoms with Gasteiger partial charge in [-0.15, -0.1) is 0 Å². The zero-order valence-corrected chi connectivity index (χ0v) is 15.1. The highest BCUT2D eigenvalue weighted by atomic mass is 16.4. The van der Waals surface area contributed by atoms with Gasteiger partial charge in [0.1, 0.15) is 11.5 Å². The van der Waals surface area contributed by atoms with Crippen LogP contribution in [-0.2, 0) is 4.79 Å². The van der Waals surface area contributed by atoms with Gasteiger partial charge in [0.15, 0.2) is 0 Å². The van der Waals surface area contributed by atoms with E-state index in [1.54, 1.807) is 12.2 Å². The van der Waals surface area contributed by atoms with E-state index in [0.29, 0.717) is 25.0 Å². The molecule has 25 heavy (non-hydrogen) atoms. The quantitative estimate of drug-likeness (QED) is 0.368. The molecule has 1 rings (SSSR count). The first-order valence-electron chi connectivity index (χ1n) is 9.11. The second-order valence-corrected chi connectivity index (χ2v) is 6.06. The molecular formula is C21H30O4. The third kappa shape index (κ3) is 11.2. The van der Waals surface area contributed by atoms with Crippen LogP contribution in [0.2, 0.25) is 0 Å². The number of aliphatic hydroxyl groups excluding tert-OH is 1. The van der Waals surface area contributed by atoms with E-state index in [4.69, 9.17) is 9.52 Å². The summed E-state index contributed by atoms with van der Waals surface area (Å²) in [5, 5.41) is 18.5. The number of allylic oxidation sites excluding steroid dienone is 2. The molecule has 1 aromatic heterocycles. The first kappa shape index (κ1) is 21.0. The second kappa shape index (κ2) is 13.2. The van der Waals surface area contributed by atoms with Crippen LogP contribution in [0.4, 0.5) is 0 Å². The van der Waals surface area contributed by atoms with Gasteiger partial charge in [-0.2, -0.15) is 0 Å². The Morgan fingerprint density at radius 2 is 1.80 bits per heavy atom. The van der Waals surface area contributed by atoms with Gasteiger partial charge in [-0.25, -0.2) is 0 Å². The molecule has 0 saturated heterocycles. The fourth-order valence-electron chi connectivity index (χ4n) is 2.27. The zero-order valence-electron chi connectivity index (χ0n) is 15.1. The molecular weight excluding hydrogens is 316 g/mol. The number of rotatable bonds is 13. The summed E-state index contributed by atoms with van der Waals surface area (Å²) in [5.41, 5.74) is 0. The minimum absolute atomic E-state index is 0.182. The third-order valence-electron chi connectivity index (χ3n) is 3.69. The molecule has 1 unspecified atom stereocenters. The summed E-state index contributed by atoms with van der Waals surface area (Å²) in [5.74, 6) is 0.643. The lowest BCUT2D eigenvalue weighted by molar-refractivity contribution is -0.137. The van der Waals surface area contributed by atoms with Gasteiger partial charge >= 0.3 is 5.97 Å². The molecule has 1 heterocycles. The van der Waals surface area contributed by atoms with Crippen molar-refractivity contribution in [3.63, 3.8) is 0 Å². The van der Waals surface area contributed by atoms with Gasteiger partial charge in [-0.3, -0.25) is 4.79 Å². The highest BCUT2D eigenvalue weighted by Crippen LogP contribution is 2.13. The van der Waals surface area contributed by atoms with Crippen molar-refractivity contribution < 1.29 is 19.4 Å². The van der Waals surface area contributed by atoms with Crippen molar-refractivity contribution in [2.45, 2.75) is 64.4 Å². The van der Waals surface area contributed by atoms with E-state index in [1.165, 1.54) is 19.3 Å². The molecule has 0 bridgehead atoms. The number of furan rings is 1. The normalized spacial score (nSPS) is 13.4. The molecule has 2 N–H and O–H groups in total. The Bertz CT molecular complexity index is 566. The van der Waals surface area contributed by atoms with Gasteiger partial charge in [0, 0.05) is 6.42 Å². The highest BCUT2D eigenvalue weighted by molar-refractivity contribution is 5.66. The van der Waals surface area contributed by atoms with Gasteiger partial charge in [0.25, 0.3) is 0 Å². The van der Waals surface area contributed by atoms with Crippen molar-refractivity contribution in [3.8, 4) is 0 Å². The maximum Gasteiger partial charge on any atom is 0.303 e. The first-order chi connectivity index (χ1) is 12.1. The van der Waals surface area contributed by atoms with E-state index in [9.17, 15) is 9.90 Å². The third-order valence-corrected chi connectivity index (χ3v) is 3.69. The van der Waals surface area contributed by atoms with Gasteiger partial charge in [0.2, 0.25) is 0 Å². The molecule has 0 aromatic carbocycles. The summed E-state index contributed by atoms with van der Waals surface area (Å²) in [7, 11) is 0. The smallest absolute Gasteiger partial charge is 0.303 e. The Kier molecular flexibility index (Phi) is 11.1. The van der Waals surface area contributed by atoms with Crippen molar-refractivity contribution in [3.05, 3.63) is 48.0 Å². The summed E-state index contributed by atoms with van der Waals surface area (Å²) in [6, 6.07) is 3.70.